The Morgan fingerprint density at radius 2 is 1.62 bits per heavy atom. The minimum Gasteiger partial charge on any atom is -0.494 e. The average Bonchev–Trinajstić information content (AvgIpc) is 3.91. The number of hydrogen-bond acceptors (Lipinski definition) is 7. The van der Waals surface area contributed by atoms with E-state index < -0.39 is 0 Å². The Morgan fingerprint density at radius 1 is 0.869 bits per heavy atom. The molecule has 316 valence electrons. The molecule has 61 heavy (non-hydrogen) atoms. The van der Waals surface area contributed by atoms with Crippen molar-refractivity contribution in [3.63, 3.8) is 0 Å². The van der Waals surface area contributed by atoms with Gasteiger partial charge in [0.2, 0.25) is 0 Å². The molecule has 1 amide bonds. The smallest absolute Gasteiger partial charge is 0.275 e. The number of aromatic nitrogens is 6. The number of fused-ring (bicyclic) bond motifs is 4. The van der Waals surface area contributed by atoms with Gasteiger partial charge in [0, 0.05) is 109 Å². The number of anilines is 1. The molecule has 13 heteroatoms. The fourth-order valence-corrected chi connectivity index (χ4v) is 9.96. The maximum Gasteiger partial charge on any atom is 0.275 e. The minimum absolute atomic E-state index is 0.0424. The SMILES string of the molecule is Cc1cc(OCCCc2c3n(c4c(-c5c(C)cc(CN6CCN(C)CC6)nc5C)c(Cl)ccc24)[C@H](C)CN(c2cn(C)c4ccc(-c5ncn(C)n5)cc24)C3=O)cc(C)c1Cl. The molecule has 0 unspecified atom stereocenters. The molecule has 3 aromatic carbocycles. The lowest BCUT2D eigenvalue weighted by molar-refractivity contribution is 0.0957. The molecule has 0 aliphatic carbocycles. The monoisotopic (exact) mass is 857 g/mol. The van der Waals surface area contributed by atoms with Crippen LogP contribution in [0.1, 0.15) is 63.5 Å². The van der Waals surface area contributed by atoms with Crippen LogP contribution >= 0.6 is 23.2 Å². The number of amides is 1. The van der Waals surface area contributed by atoms with Crippen molar-refractivity contribution in [2.24, 2.45) is 14.1 Å². The number of ether oxygens (including phenoxy) is 1. The first kappa shape index (κ1) is 41.2. The highest BCUT2D eigenvalue weighted by Gasteiger charge is 2.37. The third-order valence-corrected chi connectivity index (χ3v) is 13.5. The summed E-state index contributed by atoms with van der Waals surface area (Å²) in [6, 6.07) is 16.4. The molecule has 2 aliphatic rings. The van der Waals surface area contributed by atoms with Crippen molar-refractivity contribution in [1.82, 2.24) is 38.7 Å². The van der Waals surface area contributed by atoms with Gasteiger partial charge in [-0.25, -0.2) is 4.98 Å². The van der Waals surface area contributed by atoms with Gasteiger partial charge in [0.05, 0.1) is 28.5 Å². The fourth-order valence-electron chi connectivity index (χ4n) is 9.60. The number of halogens is 2. The topological polar surface area (TPSA) is 89.5 Å². The Bertz CT molecular complexity index is 2800. The van der Waals surface area contributed by atoms with E-state index in [9.17, 15) is 0 Å². The summed E-state index contributed by atoms with van der Waals surface area (Å²) in [5, 5.41) is 7.96. The molecule has 6 heterocycles. The zero-order valence-electron chi connectivity index (χ0n) is 36.3. The summed E-state index contributed by atoms with van der Waals surface area (Å²) in [5.41, 5.74) is 12.5. The number of likely N-dealkylation sites (N-methyl/N-ethyl adjacent to an activating group) is 1. The Balaban J connectivity index is 1.15. The third-order valence-electron chi connectivity index (χ3n) is 12.6. The number of carbonyl (C=O) groups excluding carboxylic acids is 1. The van der Waals surface area contributed by atoms with E-state index in [1.165, 1.54) is 0 Å². The second-order valence-corrected chi connectivity index (χ2v) is 18.0. The summed E-state index contributed by atoms with van der Waals surface area (Å²) >= 11 is 13.8. The van der Waals surface area contributed by atoms with Crippen LogP contribution in [0.5, 0.6) is 5.75 Å². The molecule has 9 rings (SSSR count). The Kier molecular flexibility index (Phi) is 11.0. The van der Waals surface area contributed by atoms with Crippen molar-refractivity contribution in [2.45, 2.75) is 60.0 Å². The van der Waals surface area contributed by atoms with Gasteiger partial charge in [0.25, 0.3) is 5.91 Å². The summed E-state index contributed by atoms with van der Waals surface area (Å²) in [5.74, 6) is 1.39. The molecule has 0 spiro atoms. The van der Waals surface area contributed by atoms with Crippen LogP contribution in [-0.4, -0.2) is 91.0 Å². The van der Waals surface area contributed by atoms with Gasteiger partial charge in [-0.3, -0.25) is 19.4 Å². The van der Waals surface area contributed by atoms with Crippen LogP contribution in [0.25, 0.3) is 44.3 Å². The molecule has 1 atom stereocenters. The zero-order valence-corrected chi connectivity index (χ0v) is 37.8. The molecule has 1 fully saturated rings. The highest BCUT2D eigenvalue weighted by atomic mass is 35.5. The van der Waals surface area contributed by atoms with E-state index in [4.69, 9.17) is 32.9 Å². The van der Waals surface area contributed by atoms with Crippen LogP contribution in [0.2, 0.25) is 10.0 Å². The third kappa shape index (κ3) is 7.49. The maximum absolute atomic E-state index is 15.4. The van der Waals surface area contributed by atoms with Gasteiger partial charge < -0.3 is 23.7 Å². The van der Waals surface area contributed by atoms with Gasteiger partial charge in [0.15, 0.2) is 5.82 Å². The molecule has 1 saturated heterocycles. The Morgan fingerprint density at radius 3 is 2.33 bits per heavy atom. The predicted octanol–water partition coefficient (Wildman–Crippen LogP) is 9.51. The molecule has 0 saturated carbocycles. The van der Waals surface area contributed by atoms with Crippen molar-refractivity contribution in [3.8, 4) is 28.3 Å². The summed E-state index contributed by atoms with van der Waals surface area (Å²) in [4.78, 5) is 32.0. The lowest BCUT2D eigenvalue weighted by Gasteiger charge is -2.34. The van der Waals surface area contributed by atoms with E-state index in [1.54, 1.807) is 11.0 Å². The van der Waals surface area contributed by atoms with Crippen molar-refractivity contribution < 1.29 is 9.53 Å². The van der Waals surface area contributed by atoms with Gasteiger partial charge in [-0.2, -0.15) is 5.10 Å². The quantitative estimate of drug-likeness (QED) is 0.127. The van der Waals surface area contributed by atoms with Crippen molar-refractivity contribution in [2.75, 3.05) is 51.3 Å². The van der Waals surface area contributed by atoms with Crippen LogP contribution in [0, 0.1) is 27.7 Å². The standard InChI is InChI=1S/C48H53Cl2N9O2/c1-28-20-34(25-57-17-15-54(6)16-18-57)52-32(5)42(28)43-39(49)13-12-37-36(10-9-19-61-35-21-29(2)44(50)30(3)22-35)46-48(60)58(24-31(4)59(46)45(37)43)41-26-55(7)40-14-11-33(23-38(40)41)47-51-27-56(8)53-47/h11-14,20-23,26-27,31H,9-10,15-19,24-25H2,1-8H3/t31-/m1/s1. The largest absolute Gasteiger partial charge is 0.494 e. The lowest BCUT2D eigenvalue weighted by Crippen LogP contribution is -2.44. The van der Waals surface area contributed by atoms with Crippen LogP contribution < -0.4 is 9.64 Å². The summed E-state index contributed by atoms with van der Waals surface area (Å²) in [6.07, 6.45) is 5.09. The summed E-state index contributed by atoms with van der Waals surface area (Å²) in [6.45, 7) is 16.4. The lowest BCUT2D eigenvalue weighted by atomic mass is 9.95. The first-order valence-corrected chi connectivity index (χ1v) is 21.9. The zero-order chi connectivity index (χ0) is 42.9. The molecule has 2 aliphatic heterocycles. The molecule has 7 aromatic rings. The molecule has 4 aromatic heterocycles. The maximum atomic E-state index is 15.4. The molecule has 0 N–H and O–H groups in total. The summed E-state index contributed by atoms with van der Waals surface area (Å²) < 4.78 is 12.4. The van der Waals surface area contributed by atoms with Crippen molar-refractivity contribution in [3.05, 3.63) is 110 Å². The predicted molar refractivity (Wildman–Crippen MR) is 246 cm³/mol. The fraction of sp³-hybridized carbons (Fsp3) is 0.375. The second-order valence-electron chi connectivity index (χ2n) is 17.2. The Labute approximate surface area is 367 Å². The van der Waals surface area contributed by atoms with Crippen LogP contribution in [0.4, 0.5) is 5.69 Å². The first-order valence-electron chi connectivity index (χ1n) is 21.2. The second kappa shape index (κ2) is 16.2. The van der Waals surface area contributed by atoms with E-state index in [1.807, 2.05) is 57.1 Å². The number of piperazine rings is 1. The number of nitrogens with zero attached hydrogens (tertiary/aromatic N) is 9. The molecule has 0 radical (unpaired) electrons. The van der Waals surface area contributed by atoms with E-state index in [0.717, 1.165) is 121 Å². The van der Waals surface area contributed by atoms with Crippen LogP contribution in [0.3, 0.4) is 0 Å². The molecular weight excluding hydrogens is 805 g/mol. The number of hydrogen-bond donors (Lipinski definition) is 0. The van der Waals surface area contributed by atoms with E-state index in [-0.39, 0.29) is 11.9 Å². The van der Waals surface area contributed by atoms with Gasteiger partial charge >= 0.3 is 0 Å². The van der Waals surface area contributed by atoms with Gasteiger partial charge in [-0.15, -0.1) is 0 Å². The number of carbonyl (C=O) groups is 1. The number of benzene rings is 3. The molecular formula is C48H53Cl2N9O2. The average molecular weight is 859 g/mol. The van der Waals surface area contributed by atoms with Gasteiger partial charge in [-0.05, 0) is 119 Å². The normalized spacial score (nSPS) is 16.3. The highest BCUT2D eigenvalue weighted by molar-refractivity contribution is 6.35. The summed E-state index contributed by atoms with van der Waals surface area (Å²) in [7, 11) is 6.07. The first-order chi connectivity index (χ1) is 29.3. The van der Waals surface area contributed by atoms with Crippen LogP contribution in [-0.2, 0) is 27.1 Å². The van der Waals surface area contributed by atoms with Gasteiger partial charge in [-0.1, -0.05) is 29.3 Å². The number of aryl methyl sites for hydroxylation is 7. The Hall–Kier alpha value is -5.20. The van der Waals surface area contributed by atoms with Crippen LogP contribution in [0.15, 0.2) is 61.1 Å². The van der Waals surface area contributed by atoms with Gasteiger partial charge in [0.1, 0.15) is 17.8 Å². The number of rotatable bonds is 10. The molecule has 0 bridgehead atoms. The highest BCUT2D eigenvalue weighted by Crippen LogP contribution is 2.46. The number of pyridine rings is 1. The minimum atomic E-state index is -0.0848. The van der Waals surface area contributed by atoms with E-state index in [2.05, 4.69) is 87.3 Å². The van der Waals surface area contributed by atoms with Crippen molar-refractivity contribution >= 4 is 56.6 Å². The van der Waals surface area contributed by atoms with Crippen molar-refractivity contribution in [1.29, 1.82) is 0 Å². The van der Waals surface area contributed by atoms with E-state index in [0.29, 0.717) is 42.5 Å². The molecule has 11 nitrogen and oxygen atoms in total. The van der Waals surface area contributed by atoms with E-state index >= 15 is 4.79 Å².